The molecule has 18 heavy (non-hydrogen) atoms. The molecule has 1 aliphatic heterocycles. The highest BCUT2D eigenvalue weighted by Gasteiger charge is 2.39. The minimum atomic E-state index is 0.172. The Kier molecular flexibility index (Phi) is 3.57. The van der Waals surface area contributed by atoms with Crippen molar-refractivity contribution < 1.29 is 4.79 Å². The maximum absolute atomic E-state index is 11.8. The number of carbonyl (C=O) groups excluding carboxylic acids is 1. The Morgan fingerprint density at radius 3 is 2.72 bits per heavy atom. The highest BCUT2D eigenvalue weighted by Crippen LogP contribution is 2.33. The third kappa shape index (κ3) is 3.23. The van der Waals surface area contributed by atoms with Crippen molar-refractivity contribution in [3.05, 3.63) is 0 Å². The monoisotopic (exact) mass is 251 g/mol. The van der Waals surface area contributed by atoms with E-state index in [0.29, 0.717) is 18.6 Å². The fraction of sp³-hybridized carbons (Fsp3) is 0.929. The molecule has 0 radical (unpaired) electrons. The number of hydrogen-bond acceptors (Lipinski definition) is 3. The number of likely N-dealkylation sites (tertiary alicyclic amines) is 1. The predicted octanol–water partition coefficient (Wildman–Crippen LogP) is 0.727. The molecule has 2 saturated carbocycles. The number of nitrogens with zero attached hydrogens (tertiary/aromatic N) is 1. The molecule has 0 aromatic carbocycles. The number of rotatable bonds is 6. The van der Waals surface area contributed by atoms with E-state index in [0.717, 1.165) is 31.5 Å². The van der Waals surface area contributed by atoms with Gasteiger partial charge in [-0.1, -0.05) is 0 Å². The van der Waals surface area contributed by atoms with Crippen molar-refractivity contribution in [1.82, 2.24) is 15.5 Å². The van der Waals surface area contributed by atoms with E-state index in [9.17, 15) is 4.79 Å². The van der Waals surface area contributed by atoms with E-state index in [2.05, 4.69) is 22.5 Å². The average molecular weight is 251 g/mol. The van der Waals surface area contributed by atoms with Crippen LogP contribution < -0.4 is 10.6 Å². The first-order valence-electron chi connectivity index (χ1n) is 7.48. The van der Waals surface area contributed by atoms with Crippen LogP contribution in [0.1, 0.15) is 39.0 Å². The minimum Gasteiger partial charge on any atom is -0.351 e. The molecule has 0 aromatic heterocycles. The summed E-state index contributed by atoms with van der Waals surface area (Å²) >= 11 is 0. The van der Waals surface area contributed by atoms with Crippen LogP contribution in [0.4, 0.5) is 0 Å². The Morgan fingerprint density at radius 1 is 1.28 bits per heavy atom. The summed E-state index contributed by atoms with van der Waals surface area (Å²) in [5.74, 6) is 1.01. The SMILES string of the molecule is CC1CC(NC(=O)CNCC2CC2)CN1C1CC1. The van der Waals surface area contributed by atoms with Gasteiger partial charge in [0.1, 0.15) is 0 Å². The number of carbonyl (C=O) groups is 1. The van der Waals surface area contributed by atoms with Gasteiger partial charge in [0.2, 0.25) is 5.91 Å². The lowest BCUT2D eigenvalue weighted by Crippen LogP contribution is -2.42. The maximum atomic E-state index is 11.8. The molecule has 2 unspecified atom stereocenters. The van der Waals surface area contributed by atoms with Crippen molar-refractivity contribution >= 4 is 5.91 Å². The van der Waals surface area contributed by atoms with E-state index in [1.54, 1.807) is 0 Å². The standard InChI is InChI=1S/C14H25N3O/c1-10-6-12(9-17(10)13-4-5-13)16-14(18)8-15-7-11-2-3-11/h10-13,15H,2-9H2,1H3,(H,16,18). The van der Waals surface area contributed by atoms with Gasteiger partial charge in [-0.25, -0.2) is 0 Å². The second-order valence-corrected chi connectivity index (χ2v) is 6.35. The topological polar surface area (TPSA) is 44.4 Å². The van der Waals surface area contributed by atoms with E-state index < -0.39 is 0 Å². The van der Waals surface area contributed by atoms with Crippen LogP contribution in [0.25, 0.3) is 0 Å². The van der Waals surface area contributed by atoms with Crippen molar-refractivity contribution in [2.75, 3.05) is 19.6 Å². The van der Waals surface area contributed by atoms with Gasteiger partial charge < -0.3 is 10.6 Å². The molecule has 3 fully saturated rings. The van der Waals surface area contributed by atoms with Crippen LogP contribution in [0.15, 0.2) is 0 Å². The minimum absolute atomic E-state index is 0.172. The van der Waals surface area contributed by atoms with Crippen LogP contribution in [-0.2, 0) is 4.79 Å². The maximum Gasteiger partial charge on any atom is 0.234 e. The van der Waals surface area contributed by atoms with E-state index in [1.165, 1.54) is 25.7 Å². The molecular formula is C14H25N3O. The summed E-state index contributed by atoms with van der Waals surface area (Å²) in [5, 5.41) is 6.43. The Balaban J connectivity index is 1.35. The lowest BCUT2D eigenvalue weighted by Gasteiger charge is -2.19. The number of hydrogen-bond donors (Lipinski definition) is 2. The molecule has 3 rings (SSSR count). The van der Waals surface area contributed by atoms with Gasteiger partial charge in [0.25, 0.3) is 0 Å². The third-order valence-electron chi connectivity index (χ3n) is 4.42. The van der Waals surface area contributed by atoms with Gasteiger partial charge in [0.15, 0.2) is 0 Å². The van der Waals surface area contributed by atoms with E-state index >= 15 is 0 Å². The Bertz CT molecular complexity index is 312. The molecule has 1 amide bonds. The fourth-order valence-corrected chi connectivity index (χ4v) is 3.07. The van der Waals surface area contributed by atoms with E-state index in [1.807, 2.05) is 0 Å². The molecule has 4 heteroatoms. The van der Waals surface area contributed by atoms with Crippen molar-refractivity contribution in [2.45, 2.75) is 57.2 Å². The first-order valence-corrected chi connectivity index (χ1v) is 7.48. The zero-order chi connectivity index (χ0) is 12.5. The molecule has 102 valence electrons. The lowest BCUT2D eigenvalue weighted by atomic mass is 10.2. The highest BCUT2D eigenvalue weighted by molar-refractivity contribution is 5.78. The van der Waals surface area contributed by atoms with Crippen LogP contribution in [0.5, 0.6) is 0 Å². The van der Waals surface area contributed by atoms with Crippen LogP contribution in [-0.4, -0.2) is 48.6 Å². The largest absolute Gasteiger partial charge is 0.351 e. The highest BCUT2D eigenvalue weighted by atomic mass is 16.2. The van der Waals surface area contributed by atoms with Crippen molar-refractivity contribution in [1.29, 1.82) is 0 Å². The summed E-state index contributed by atoms with van der Waals surface area (Å²) < 4.78 is 0. The summed E-state index contributed by atoms with van der Waals surface area (Å²) in [6, 6.07) is 1.83. The quantitative estimate of drug-likeness (QED) is 0.731. The van der Waals surface area contributed by atoms with Crippen LogP contribution in [0.2, 0.25) is 0 Å². The third-order valence-corrected chi connectivity index (χ3v) is 4.42. The van der Waals surface area contributed by atoms with E-state index in [-0.39, 0.29) is 5.91 Å². The Labute approximate surface area is 109 Å². The second kappa shape index (κ2) is 5.17. The van der Waals surface area contributed by atoms with Crippen molar-refractivity contribution in [3.63, 3.8) is 0 Å². The zero-order valence-corrected chi connectivity index (χ0v) is 11.3. The molecule has 3 aliphatic rings. The average Bonchev–Trinajstić information content (AvgIpc) is 3.21. The van der Waals surface area contributed by atoms with Crippen LogP contribution >= 0.6 is 0 Å². The first-order chi connectivity index (χ1) is 8.72. The first kappa shape index (κ1) is 12.4. The van der Waals surface area contributed by atoms with Gasteiger partial charge >= 0.3 is 0 Å². The number of nitrogens with one attached hydrogen (secondary N) is 2. The van der Waals surface area contributed by atoms with Crippen molar-refractivity contribution in [2.24, 2.45) is 5.92 Å². The fourth-order valence-electron chi connectivity index (χ4n) is 3.07. The summed E-state index contributed by atoms with van der Waals surface area (Å²) in [6.45, 7) is 4.85. The smallest absolute Gasteiger partial charge is 0.234 e. The summed E-state index contributed by atoms with van der Waals surface area (Å²) in [6.07, 6.45) is 6.50. The molecule has 2 aliphatic carbocycles. The van der Waals surface area contributed by atoms with Crippen molar-refractivity contribution in [3.8, 4) is 0 Å². The molecule has 2 atom stereocenters. The lowest BCUT2D eigenvalue weighted by molar-refractivity contribution is -0.120. The summed E-state index contributed by atoms with van der Waals surface area (Å²) in [4.78, 5) is 14.4. The summed E-state index contributed by atoms with van der Waals surface area (Å²) in [5.41, 5.74) is 0. The van der Waals surface area contributed by atoms with Gasteiger partial charge in [0, 0.05) is 24.7 Å². The van der Waals surface area contributed by atoms with Crippen LogP contribution in [0, 0.1) is 5.92 Å². The molecule has 1 saturated heterocycles. The molecule has 0 bridgehead atoms. The van der Waals surface area contributed by atoms with Crippen LogP contribution in [0.3, 0.4) is 0 Å². The Morgan fingerprint density at radius 2 is 2.06 bits per heavy atom. The molecule has 0 spiro atoms. The van der Waals surface area contributed by atoms with Gasteiger partial charge in [-0.15, -0.1) is 0 Å². The number of amides is 1. The molecule has 2 N–H and O–H groups in total. The van der Waals surface area contributed by atoms with Gasteiger partial charge in [0.05, 0.1) is 6.54 Å². The Hall–Kier alpha value is -0.610. The molecule has 0 aromatic rings. The summed E-state index contributed by atoms with van der Waals surface area (Å²) in [7, 11) is 0. The molecule has 4 nitrogen and oxygen atoms in total. The van der Waals surface area contributed by atoms with Gasteiger partial charge in [-0.2, -0.15) is 0 Å². The predicted molar refractivity (Wildman–Crippen MR) is 71.3 cm³/mol. The zero-order valence-electron chi connectivity index (χ0n) is 11.3. The van der Waals surface area contributed by atoms with E-state index in [4.69, 9.17) is 0 Å². The van der Waals surface area contributed by atoms with Gasteiger partial charge in [-0.3, -0.25) is 9.69 Å². The second-order valence-electron chi connectivity index (χ2n) is 6.35. The molecule has 1 heterocycles. The van der Waals surface area contributed by atoms with Gasteiger partial charge in [-0.05, 0) is 51.5 Å². The molecular weight excluding hydrogens is 226 g/mol. The normalized spacial score (nSPS) is 32.7.